The van der Waals surface area contributed by atoms with Crippen molar-refractivity contribution in [3.8, 4) is 5.75 Å². The molecule has 0 aliphatic carbocycles. The van der Waals surface area contributed by atoms with Crippen LogP contribution in [0.4, 0.5) is 0 Å². The number of carbonyl (C=O) groups is 1. The highest BCUT2D eigenvalue weighted by atomic mass is 16.5. The molecule has 0 bridgehead atoms. The topological polar surface area (TPSA) is 68.7 Å². The molecule has 0 radical (unpaired) electrons. The molecule has 1 aromatic heterocycles. The van der Waals surface area contributed by atoms with Crippen molar-refractivity contribution in [2.75, 3.05) is 13.2 Å². The average Bonchev–Trinajstić information content (AvgIpc) is 2.78. The van der Waals surface area contributed by atoms with E-state index in [2.05, 4.69) is 24.0 Å². The smallest absolute Gasteiger partial charge is 0.336 e. The van der Waals surface area contributed by atoms with Gasteiger partial charge in [-0.2, -0.15) is 0 Å². The molecule has 2 aromatic carbocycles. The Kier molecular flexibility index (Phi) is 8.01. The molecule has 1 N–H and O–H groups in total. The second kappa shape index (κ2) is 10.9. The standard InChI is InChI=1S/C26H31NO4/c1-3-5-15-26(25(28)29,31-4-2)18-20-10-12-23(13-11-20)30-16-14-21-17-22-8-6-7-9-24(22)27-19-21/h6-13,17,19H,3-5,14-16,18H2,1-2H3,(H,28,29). The van der Waals surface area contributed by atoms with Gasteiger partial charge in [-0.25, -0.2) is 4.79 Å². The van der Waals surface area contributed by atoms with Crippen molar-refractivity contribution >= 4 is 16.9 Å². The predicted molar refractivity (Wildman–Crippen MR) is 123 cm³/mol. The maximum atomic E-state index is 12.0. The molecule has 0 saturated carbocycles. The van der Waals surface area contributed by atoms with E-state index in [9.17, 15) is 9.90 Å². The Morgan fingerprint density at radius 1 is 1.06 bits per heavy atom. The minimum Gasteiger partial charge on any atom is -0.493 e. The molecule has 0 aliphatic heterocycles. The minimum absolute atomic E-state index is 0.346. The molecule has 0 aliphatic rings. The number of ether oxygens (including phenoxy) is 2. The summed E-state index contributed by atoms with van der Waals surface area (Å²) in [4.78, 5) is 16.5. The van der Waals surface area contributed by atoms with Gasteiger partial charge in [0.25, 0.3) is 0 Å². The lowest BCUT2D eigenvalue weighted by Gasteiger charge is -2.29. The maximum absolute atomic E-state index is 12.0. The van der Waals surface area contributed by atoms with Crippen molar-refractivity contribution < 1.29 is 19.4 Å². The fourth-order valence-corrected chi connectivity index (χ4v) is 3.77. The molecule has 3 aromatic rings. The van der Waals surface area contributed by atoms with Gasteiger partial charge in [0.15, 0.2) is 5.60 Å². The van der Waals surface area contributed by atoms with Crippen LogP contribution in [-0.2, 0) is 22.4 Å². The van der Waals surface area contributed by atoms with Crippen molar-refractivity contribution in [2.24, 2.45) is 0 Å². The summed E-state index contributed by atoms with van der Waals surface area (Å²) in [6, 6.07) is 17.8. The first kappa shape index (κ1) is 22.8. The number of hydrogen-bond donors (Lipinski definition) is 1. The Bertz CT molecular complexity index is 986. The minimum atomic E-state index is -1.17. The van der Waals surface area contributed by atoms with Gasteiger partial charge < -0.3 is 14.6 Å². The fraction of sp³-hybridized carbons (Fsp3) is 0.385. The summed E-state index contributed by atoms with van der Waals surface area (Å²) in [6.45, 7) is 4.82. The largest absolute Gasteiger partial charge is 0.493 e. The van der Waals surface area contributed by atoms with Gasteiger partial charge in [0.05, 0.1) is 12.1 Å². The normalized spacial score (nSPS) is 13.1. The average molecular weight is 422 g/mol. The van der Waals surface area contributed by atoms with Crippen LogP contribution in [0.25, 0.3) is 10.9 Å². The summed E-state index contributed by atoms with van der Waals surface area (Å²) >= 11 is 0. The highest BCUT2D eigenvalue weighted by Crippen LogP contribution is 2.26. The highest BCUT2D eigenvalue weighted by molar-refractivity contribution is 5.79. The zero-order valence-corrected chi connectivity index (χ0v) is 18.3. The van der Waals surface area contributed by atoms with E-state index >= 15 is 0 Å². The molecule has 3 rings (SSSR count). The van der Waals surface area contributed by atoms with Gasteiger partial charge in [-0.1, -0.05) is 50.1 Å². The van der Waals surface area contributed by atoms with E-state index in [0.29, 0.717) is 26.1 Å². The molecular weight excluding hydrogens is 390 g/mol. The third-order valence-electron chi connectivity index (χ3n) is 5.46. The van der Waals surface area contributed by atoms with Crippen molar-refractivity contribution in [1.29, 1.82) is 0 Å². The molecule has 0 fully saturated rings. The zero-order chi connectivity index (χ0) is 22.1. The van der Waals surface area contributed by atoms with Crippen molar-refractivity contribution in [3.63, 3.8) is 0 Å². The van der Waals surface area contributed by atoms with Crippen LogP contribution < -0.4 is 4.74 Å². The molecule has 1 unspecified atom stereocenters. The number of carboxylic acid groups (broad SMARTS) is 1. The lowest BCUT2D eigenvalue weighted by molar-refractivity contribution is -0.166. The van der Waals surface area contributed by atoms with Crippen LogP contribution in [0.1, 0.15) is 44.2 Å². The molecule has 31 heavy (non-hydrogen) atoms. The number of benzene rings is 2. The molecule has 5 heteroatoms. The number of carboxylic acids is 1. The zero-order valence-electron chi connectivity index (χ0n) is 18.3. The number of unbranched alkanes of at least 4 members (excludes halogenated alkanes) is 1. The van der Waals surface area contributed by atoms with Crippen LogP contribution >= 0.6 is 0 Å². The Balaban J connectivity index is 1.58. The Morgan fingerprint density at radius 3 is 2.55 bits per heavy atom. The van der Waals surface area contributed by atoms with Gasteiger partial charge in [0.2, 0.25) is 0 Å². The van der Waals surface area contributed by atoms with E-state index in [1.807, 2.05) is 55.6 Å². The Morgan fingerprint density at radius 2 is 1.84 bits per heavy atom. The fourth-order valence-electron chi connectivity index (χ4n) is 3.77. The summed E-state index contributed by atoms with van der Waals surface area (Å²) < 4.78 is 11.6. The van der Waals surface area contributed by atoms with E-state index in [1.54, 1.807) is 0 Å². The number of aliphatic carboxylic acids is 1. The Labute approximate surface area is 184 Å². The molecule has 164 valence electrons. The van der Waals surface area contributed by atoms with Gasteiger partial charge in [0.1, 0.15) is 5.75 Å². The van der Waals surface area contributed by atoms with Crippen LogP contribution in [0.5, 0.6) is 5.75 Å². The summed E-state index contributed by atoms with van der Waals surface area (Å²) in [5.74, 6) is -0.129. The van der Waals surface area contributed by atoms with E-state index in [1.165, 1.54) is 0 Å². The third kappa shape index (κ3) is 6.05. The molecule has 5 nitrogen and oxygen atoms in total. The van der Waals surface area contributed by atoms with Gasteiger partial charge in [-0.05, 0) is 48.7 Å². The summed E-state index contributed by atoms with van der Waals surface area (Å²) in [5, 5.41) is 11.0. The van der Waals surface area contributed by atoms with Crippen LogP contribution in [0.2, 0.25) is 0 Å². The lowest BCUT2D eigenvalue weighted by Crippen LogP contribution is -2.44. The number of pyridine rings is 1. The monoisotopic (exact) mass is 421 g/mol. The second-order valence-corrected chi connectivity index (χ2v) is 7.79. The molecule has 0 spiro atoms. The van der Waals surface area contributed by atoms with Crippen molar-refractivity contribution in [1.82, 2.24) is 4.98 Å². The highest BCUT2D eigenvalue weighted by Gasteiger charge is 2.38. The number of nitrogens with zero attached hydrogens (tertiary/aromatic N) is 1. The van der Waals surface area contributed by atoms with Crippen molar-refractivity contribution in [3.05, 3.63) is 71.9 Å². The number of fused-ring (bicyclic) bond motifs is 1. The van der Waals surface area contributed by atoms with E-state index in [-0.39, 0.29) is 0 Å². The van der Waals surface area contributed by atoms with Crippen molar-refractivity contribution in [2.45, 2.75) is 51.6 Å². The van der Waals surface area contributed by atoms with Crippen LogP contribution in [0, 0.1) is 0 Å². The Hall–Kier alpha value is -2.92. The van der Waals surface area contributed by atoms with E-state index in [4.69, 9.17) is 9.47 Å². The molecule has 0 amide bonds. The van der Waals surface area contributed by atoms with E-state index in [0.717, 1.165) is 47.0 Å². The van der Waals surface area contributed by atoms with Gasteiger partial charge in [0, 0.05) is 31.0 Å². The summed E-state index contributed by atoms with van der Waals surface area (Å²) in [5.41, 5.74) is 1.88. The molecule has 1 heterocycles. The second-order valence-electron chi connectivity index (χ2n) is 7.79. The number of aromatic nitrogens is 1. The van der Waals surface area contributed by atoms with Crippen LogP contribution in [-0.4, -0.2) is 34.9 Å². The summed E-state index contributed by atoms with van der Waals surface area (Å²) in [7, 11) is 0. The van der Waals surface area contributed by atoms with Crippen LogP contribution in [0.3, 0.4) is 0 Å². The molecule has 1 atom stereocenters. The summed E-state index contributed by atoms with van der Waals surface area (Å²) in [6.07, 6.45) is 5.26. The van der Waals surface area contributed by atoms with Gasteiger partial charge in [-0.3, -0.25) is 4.98 Å². The molecular formula is C26H31NO4. The van der Waals surface area contributed by atoms with Gasteiger partial charge in [-0.15, -0.1) is 0 Å². The number of para-hydroxylation sites is 1. The first-order chi connectivity index (χ1) is 15.1. The maximum Gasteiger partial charge on any atom is 0.336 e. The predicted octanol–water partition coefficient (Wildman–Crippen LogP) is 5.45. The van der Waals surface area contributed by atoms with Gasteiger partial charge >= 0.3 is 5.97 Å². The van der Waals surface area contributed by atoms with Crippen LogP contribution in [0.15, 0.2) is 60.8 Å². The number of hydrogen-bond acceptors (Lipinski definition) is 4. The first-order valence-corrected chi connectivity index (χ1v) is 11.0. The first-order valence-electron chi connectivity index (χ1n) is 11.0. The number of rotatable bonds is 12. The van der Waals surface area contributed by atoms with E-state index < -0.39 is 11.6 Å². The molecule has 0 saturated heterocycles. The quantitative estimate of drug-likeness (QED) is 0.421. The third-order valence-corrected chi connectivity index (χ3v) is 5.46. The SMILES string of the molecule is CCCCC(Cc1ccc(OCCc2cnc3ccccc3c2)cc1)(OCC)C(=O)O. The lowest BCUT2D eigenvalue weighted by atomic mass is 9.89.